The van der Waals surface area contributed by atoms with Crippen molar-refractivity contribution in [3.8, 4) is 11.3 Å². The van der Waals surface area contributed by atoms with Gasteiger partial charge in [0.2, 0.25) is 0 Å². The minimum atomic E-state index is -2.48. The van der Waals surface area contributed by atoms with Gasteiger partial charge >= 0.3 is 0 Å². The van der Waals surface area contributed by atoms with Gasteiger partial charge in [-0.25, -0.2) is 18.7 Å². The Hall–Kier alpha value is -2.79. The Morgan fingerprint density at radius 2 is 1.69 bits per heavy atom. The average molecular weight is 407 g/mol. The molecule has 2 nitrogen and oxygen atoms in total. The predicted octanol–water partition coefficient (Wildman–Crippen LogP) is 7.14. The third-order valence-corrected chi connectivity index (χ3v) is 5.85. The molecule has 0 saturated heterocycles. The van der Waals surface area contributed by atoms with Gasteiger partial charge in [0.1, 0.15) is 5.82 Å². The third-order valence-electron chi connectivity index (χ3n) is 4.79. The van der Waals surface area contributed by atoms with Gasteiger partial charge in [0, 0.05) is 27.2 Å². The van der Waals surface area contributed by atoms with E-state index in [1.165, 1.54) is 17.7 Å². The smallest absolute Gasteiger partial charge is 0.233 e. The number of hydrogen-bond donors (Lipinski definition) is 0. The molecule has 0 aliphatic carbocycles. The highest BCUT2D eigenvalue weighted by Crippen LogP contribution is 2.33. The quantitative estimate of drug-likeness (QED) is 0.329. The SMILES string of the molecule is Cc1nc(-c2ccc(C(F)F)cc2C)c2ccc(SCc3ccccc3)cc2n1. The molecule has 0 N–H and O–H groups in total. The summed E-state index contributed by atoms with van der Waals surface area (Å²) in [6.07, 6.45) is -2.48. The molecule has 0 amide bonds. The maximum absolute atomic E-state index is 13.0. The first-order valence-corrected chi connectivity index (χ1v) is 10.3. The van der Waals surface area contributed by atoms with Crippen molar-refractivity contribution in [2.24, 2.45) is 0 Å². The van der Waals surface area contributed by atoms with Gasteiger partial charge in [-0.3, -0.25) is 0 Å². The molecule has 5 heteroatoms. The summed E-state index contributed by atoms with van der Waals surface area (Å²) in [4.78, 5) is 10.4. The summed E-state index contributed by atoms with van der Waals surface area (Å²) in [6.45, 7) is 3.70. The topological polar surface area (TPSA) is 25.8 Å². The second-order valence-electron chi connectivity index (χ2n) is 6.95. The largest absolute Gasteiger partial charge is 0.263 e. The van der Waals surface area contributed by atoms with E-state index in [9.17, 15) is 8.78 Å². The molecule has 4 rings (SSSR count). The molecule has 29 heavy (non-hydrogen) atoms. The van der Waals surface area contributed by atoms with E-state index in [4.69, 9.17) is 0 Å². The van der Waals surface area contributed by atoms with Crippen LogP contribution in [0.1, 0.15) is 28.9 Å². The van der Waals surface area contributed by atoms with Crippen molar-refractivity contribution in [2.75, 3.05) is 0 Å². The van der Waals surface area contributed by atoms with E-state index >= 15 is 0 Å². The Morgan fingerprint density at radius 3 is 2.41 bits per heavy atom. The lowest BCUT2D eigenvalue weighted by Gasteiger charge is -2.12. The molecule has 0 atom stereocenters. The zero-order chi connectivity index (χ0) is 20.4. The van der Waals surface area contributed by atoms with Crippen LogP contribution in [0.3, 0.4) is 0 Å². The Balaban J connectivity index is 1.71. The summed E-state index contributed by atoms with van der Waals surface area (Å²) in [7, 11) is 0. The normalized spacial score (nSPS) is 11.3. The van der Waals surface area contributed by atoms with Gasteiger partial charge in [-0.05, 0) is 49.2 Å². The lowest BCUT2D eigenvalue weighted by Crippen LogP contribution is -1.97. The fourth-order valence-electron chi connectivity index (χ4n) is 3.35. The summed E-state index contributed by atoms with van der Waals surface area (Å²) >= 11 is 1.76. The lowest BCUT2D eigenvalue weighted by molar-refractivity contribution is 0.151. The van der Waals surface area contributed by atoms with Crippen LogP contribution in [0.5, 0.6) is 0 Å². The van der Waals surface area contributed by atoms with E-state index in [1.807, 2.05) is 38.1 Å². The van der Waals surface area contributed by atoms with Crippen molar-refractivity contribution < 1.29 is 8.78 Å². The third kappa shape index (κ3) is 4.30. The van der Waals surface area contributed by atoms with Gasteiger partial charge in [-0.15, -0.1) is 11.8 Å². The predicted molar refractivity (Wildman–Crippen MR) is 115 cm³/mol. The van der Waals surface area contributed by atoms with Gasteiger partial charge in [0.05, 0.1) is 11.2 Å². The molecule has 1 aromatic heterocycles. The maximum Gasteiger partial charge on any atom is 0.263 e. The Kier molecular flexibility index (Phi) is 5.58. The molecule has 0 spiro atoms. The number of halogens is 2. The van der Waals surface area contributed by atoms with Crippen molar-refractivity contribution in [1.82, 2.24) is 9.97 Å². The van der Waals surface area contributed by atoms with Crippen molar-refractivity contribution >= 4 is 22.7 Å². The molecule has 0 fully saturated rings. The molecular formula is C24H20F2N2S. The van der Waals surface area contributed by atoms with Crippen LogP contribution in [0.15, 0.2) is 71.6 Å². The van der Waals surface area contributed by atoms with Crippen LogP contribution in [0.4, 0.5) is 8.78 Å². The molecule has 0 unspecified atom stereocenters. The number of alkyl halides is 2. The number of hydrogen-bond acceptors (Lipinski definition) is 3. The molecule has 0 aliphatic rings. The zero-order valence-electron chi connectivity index (χ0n) is 16.2. The fraction of sp³-hybridized carbons (Fsp3) is 0.167. The first-order valence-electron chi connectivity index (χ1n) is 9.35. The second-order valence-corrected chi connectivity index (χ2v) is 8.00. The number of benzene rings is 3. The van der Waals surface area contributed by atoms with Crippen LogP contribution in [0, 0.1) is 13.8 Å². The highest BCUT2D eigenvalue weighted by Gasteiger charge is 2.14. The first-order chi connectivity index (χ1) is 14.0. The number of thioether (sulfide) groups is 1. The summed E-state index contributed by atoms with van der Waals surface area (Å²) in [5, 5.41) is 0.924. The molecule has 0 saturated carbocycles. The molecule has 0 bridgehead atoms. The molecule has 1 heterocycles. The highest BCUT2D eigenvalue weighted by molar-refractivity contribution is 7.98. The summed E-state index contributed by atoms with van der Waals surface area (Å²) < 4.78 is 26.0. The molecule has 146 valence electrons. The van der Waals surface area contributed by atoms with Crippen LogP contribution < -0.4 is 0 Å². The second kappa shape index (κ2) is 8.29. The summed E-state index contributed by atoms with van der Waals surface area (Å²) in [6, 6.07) is 21.2. The van der Waals surface area contributed by atoms with Crippen LogP contribution in [-0.2, 0) is 5.75 Å². The Bertz CT molecular complexity index is 1160. The molecule has 0 radical (unpaired) electrons. The standard InChI is InChI=1S/C24H20F2N2S/c1-15-12-18(24(25)26)8-10-20(15)23-21-11-9-19(13-22(21)27-16(2)28-23)29-14-17-6-4-3-5-7-17/h3-13,24H,14H2,1-2H3. The van der Waals surface area contributed by atoms with Crippen molar-refractivity contribution in [3.63, 3.8) is 0 Å². The average Bonchev–Trinajstić information content (AvgIpc) is 2.72. The number of rotatable bonds is 5. The van der Waals surface area contributed by atoms with Gasteiger partial charge in [-0.2, -0.15) is 0 Å². The Morgan fingerprint density at radius 1 is 0.897 bits per heavy atom. The van der Waals surface area contributed by atoms with Gasteiger partial charge < -0.3 is 0 Å². The van der Waals surface area contributed by atoms with Gasteiger partial charge in [0.25, 0.3) is 6.43 Å². The van der Waals surface area contributed by atoms with Gasteiger partial charge in [-0.1, -0.05) is 42.5 Å². The van der Waals surface area contributed by atoms with Crippen LogP contribution in [0.2, 0.25) is 0 Å². The van der Waals surface area contributed by atoms with E-state index < -0.39 is 6.43 Å². The lowest BCUT2D eigenvalue weighted by atomic mass is 9.99. The molecule has 4 aromatic rings. The van der Waals surface area contributed by atoms with E-state index in [-0.39, 0.29) is 5.56 Å². The van der Waals surface area contributed by atoms with E-state index in [0.717, 1.165) is 38.4 Å². The van der Waals surface area contributed by atoms with Crippen molar-refractivity contribution in [1.29, 1.82) is 0 Å². The summed E-state index contributed by atoms with van der Waals surface area (Å²) in [5.41, 5.74) is 4.58. The fourth-order valence-corrected chi connectivity index (χ4v) is 4.23. The van der Waals surface area contributed by atoms with E-state index in [1.54, 1.807) is 17.8 Å². The first kappa shape index (κ1) is 19.5. The maximum atomic E-state index is 13.0. The van der Waals surface area contributed by atoms with Crippen molar-refractivity contribution in [3.05, 3.63) is 89.2 Å². The number of fused-ring (bicyclic) bond motifs is 1. The minimum absolute atomic E-state index is 0.0286. The molecular weight excluding hydrogens is 386 g/mol. The zero-order valence-corrected chi connectivity index (χ0v) is 17.0. The van der Waals surface area contributed by atoms with E-state index in [2.05, 4.69) is 34.2 Å². The number of aryl methyl sites for hydroxylation is 2. The van der Waals surface area contributed by atoms with Crippen LogP contribution in [-0.4, -0.2) is 9.97 Å². The number of aromatic nitrogens is 2. The van der Waals surface area contributed by atoms with Crippen LogP contribution in [0.25, 0.3) is 22.2 Å². The van der Waals surface area contributed by atoms with Gasteiger partial charge in [0.15, 0.2) is 0 Å². The molecule has 0 aliphatic heterocycles. The van der Waals surface area contributed by atoms with Crippen molar-refractivity contribution in [2.45, 2.75) is 30.9 Å². The number of nitrogens with zero attached hydrogens (tertiary/aromatic N) is 2. The minimum Gasteiger partial charge on any atom is -0.233 e. The molecule has 3 aromatic carbocycles. The van der Waals surface area contributed by atoms with Crippen LogP contribution >= 0.6 is 11.8 Å². The summed E-state index contributed by atoms with van der Waals surface area (Å²) in [5.74, 6) is 1.55. The Labute approximate surface area is 173 Å². The van der Waals surface area contributed by atoms with E-state index in [0.29, 0.717) is 5.82 Å². The monoisotopic (exact) mass is 406 g/mol. The highest BCUT2D eigenvalue weighted by atomic mass is 32.2.